The fourth-order valence-electron chi connectivity index (χ4n) is 3.74. The Morgan fingerprint density at radius 1 is 1.30 bits per heavy atom. The molecule has 1 aliphatic heterocycles. The van der Waals surface area contributed by atoms with Crippen LogP contribution in [-0.2, 0) is 4.74 Å². The summed E-state index contributed by atoms with van der Waals surface area (Å²) in [5.74, 6) is 0.0876. The van der Waals surface area contributed by atoms with Crippen molar-refractivity contribution < 1.29 is 13.9 Å². The van der Waals surface area contributed by atoms with Crippen molar-refractivity contribution in [3.05, 3.63) is 47.0 Å². The van der Waals surface area contributed by atoms with Crippen molar-refractivity contribution in [2.24, 2.45) is 0 Å². The molecule has 0 bridgehead atoms. The van der Waals surface area contributed by atoms with Gasteiger partial charge in [-0.25, -0.2) is 9.07 Å². The second-order valence-corrected chi connectivity index (χ2v) is 7.81. The van der Waals surface area contributed by atoms with Crippen LogP contribution in [0.15, 0.2) is 24.3 Å². The molecule has 1 saturated heterocycles. The largest absolute Gasteiger partial charge is 0.376 e. The van der Waals surface area contributed by atoms with E-state index in [-0.39, 0.29) is 23.7 Å². The van der Waals surface area contributed by atoms with Crippen LogP contribution in [-0.4, -0.2) is 34.9 Å². The Morgan fingerprint density at radius 2 is 2.04 bits per heavy atom. The number of ether oxygens (including phenoxy) is 1. The fraction of sp³-hybridized carbons (Fsp3) is 0.524. The minimum Gasteiger partial charge on any atom is -0.376 e. The molecule has 2 heterocycles. The molecule has 4 rings (SSSR count). The highest BCUT2D eigenvalue weighted by molar-refractivity contribution is 5.97. The average Bonchev–Trinajstić information content (AvgIpc) is 3.21. The van der Waals surface area contributed by atoms with Crippen LogP contribution >= 0.6 is 0 Å². The summed E-state index contributed by atoms with van der Waals surface area (Å²) in [4.78, 5) is 13.1. The molecule has 5 nitrogen and oxygen atoms in total. The molecule has 144 valence electrons. The maximum atomic E-state index is 13.4. The number of carbonyl (C=O) groups excluding carboxylic acids is 1. The quantitative estimate of drug-likeness (QED) is 0.837. The van der Waals surface area contributed by atoms with Crippen molar-refractivity contribution in [1.29, 1.82) is 0 Å². The second-order valence-electron chi connectivity index (χ2n) is 7.81. The molecule has 1 aromatic heterocycles. The maximum Gasteiger partial charge on any atom is 0.255 e. The monoisotopic (exact) mass is 371 g/mol. The van der Waals surface area contributed by atoms with Crippen LogP contribution in [0.1, 0.15) is 73.1 Å². The number of nitrogens with one attached hydrogen (secondary N) is 1. The van der Waals surface area contributed by atoms with Gasteiger partial charge in [-0.2, -0.15) is 5.10 Å². The Balaban J connectivity index is 1.70. The highest BCUT2D eigenvalue weighted by Crippen LogP contribution is 2.43. The summed E-state index contributed by atoms with van der Waals surface area (Å²) in [7, 11) is 0. The van der Waals surface area contributed by atoms with E-state index < -0.39 is 0 Å². The third kappa shape index (κ3) is 3.76. The van der Waals surface area contributed by atoms with Crippen molar-refractivity contribution in [2.45, 2.75) is 57.5 Å². The first-order valence-corrected chi connectivity index (χ1v) is 9.83. The molecule has 2 aliphatic rings. The highest BCUT2D eigenvalue weighted by Gasteiger charge is 2.35. The van der Waals surface area contributed by atoms with Gasteiger partial charge in [0.25, 0.3) is 5.91 Å². The third-order valence-electron chi connectivity index (χ3n) is 5.27. The zero-order valence-electron chi connectivity index (χ0n) is 15.9. The van der Waals surface area contributed by atoms with Crippen LogP contribution in [0.5, 0.6) is 0 Å². The molecule has 2 aromatic rings. The number of benzene rings is 1. The molecule has 1 saturated carbocycles. The maximum absolute atomic E-state index is 13.4. The van der Waals surface area contributed by atoms with Crippen molar-refractivity contribution in [1.82, 2.24) is 15.1 Å². The van der Waals surface area contributed by atoms with Gasteiger partial charge in [-0.15, -0.1) is 0 Å². The molecule has 0 spiro atoms. The first-order chi connectivity index (χ1) is 13.0. The number of hydrogen-bond donors (Lipinski definition) is 1. The van der Waals surface area contributed by atoms with Crippen molar-refractivity contribution in [2.75, 3.05) is 13.2 Å². The van der Waals surface area contributed by atoms with Crippen LogP contribution in [0.25, 0.3) is 5.69 Å². The van der Waals surface area contributed by atoms with Crippen LogP contribution in [0.2, 0.25) is 0 Å². The van der Waals surface area contributed by atoms with Crippen LogP contribution in [0.3, 0.4) is 0 Å². The summed E-state index contributed by atoms with van der Waals surface area (Å²) in [6.07, 6.45) is 4.26. The summed E-state index contributed by atoms with van der Waals surface area (Å²) in [5, 5.41) is 7.85. The first-order valence-electron chi connectivity index (χ1n) is 9.83. The number of carbonyl (C=O) groups is 1. The SMILES string of the molecule is CC(C)c1c(C(=O)NCC2CCCO2)c(C2CC2)nn1-c1ccc(F)cc1. The number of aromatic nitrogens is 2. The normalized spacial score (nSPS) is 19.6. The molecular formula is C21H26FN3O2. The van der Waals surface area contributed by atoms with Gasteiger partial charge >= 0.3 is 0 Å². The van der Waals surface area contributed by atoms with Gasteiger partial charge in [0, 0.05) is 19.1 Å². The lowest BCUT2D eigenvalue weighted by atomic mass is 10.0. The Kier molecular flexibility index (Phi) is 5.00. The molecule has 27 heavy (non-hydrogen) atoms. The molecular weight excluding hydrogens is 345 g/mol. The molecule has 1 atom stereocenters. The minimum absolute atomic E-state index is 0.0792. The molecule has 1 unspecified atom stereocenters. The lowest BCUT2D eigenvalue weighted by molar-refractivity contribution is 0.0856. The lowest BCUT2D eigenvalue weighted by Crippen LogP contribution is -2.32. The molecule has 6 heteroatoms. The van der Waals surface area contributed by atoms with E-state index in [1.54, 1.807) is 12.1 Å². The van der Waals surface area contributed by atoms with E-state index in [4.69, 9.17) is 9.84 Å². The zero-order valence-corrected chi connectivity index (χ0v) is 15.9. The fourth-order valence-corrected chi connectivity index (χ4v) is 3.74. The molecule has 1 aromatic carbocycles. The molecule has 1 aliphatic carbocycles. The number of amides is 1. The number of halogens is 1. The third-order valence-corrected chi connectivity index (χ3v) is 5.27. The molecule has 1 amide bonds. The lowest BCUT2D eigenvalue weighted by Gasteiger charge is -2.14. The van der Waals surface area contributed by atoms with Crippen molar-refractivity contribution >= 4 is 5.91 Å². The van der Waals surface area contributed by atoms with Gasteiger partial charge in [0.15, 0.2) is 0 Å². The number of nitrogens with zero attached hydrogens (tertiary/aromatic N) is 2. The average molecular weight is 371 g/mol. The molecule has 0 radical (unpaired) electrons. The van der Waals surface area contributed by atoms with Gasteiger partial charge in [0.05, 0.1) is 28.7 Å². The van der Waals surface area contributed by atoms with Gasteiger partial charge < -0.3 is 10.1 Å². The zero-order chi connectivity index (χ0) is 19.0. The molecule has 2 fully saturated rings. The summed E-state index contributed by atoms with van der Waals surface area (Å²) in [5.41, 5.74) is 3.22. The first kappa shape index (κ1) is 18.2. The van der Waals surface area contributed by atoms with Gasteiger partial charge in [-0.05, 0) is 55.9 Å². The summed E-state index contributed by atoms with van der Waals surface area (Å²) >= 11 is 0. The predicted octanol–water partition coefficient (Wildman–Crippen LogP) is 3.92. The van der Waals surface area contributed by atoms with Gasteiger partial charge in [0.1, 0.15) is 5.82 Å². The topological polar surface area (TPSA) is 56.1 Å². The summed E-state index contributed by atoms with van der Waals surface area (Å²) < 4.78 is 20.8. The van der Waals surface area contributed by atoms with E-state index >= 15 is 0 Å². The van der Waals surface area contributed by atoms with Gasteiger partial charge in [-0.1, -0.05) is 13.8 Å². The van der Waals surface area contributed by atoms with E-state index in [1.165, 1.54) is 12.1 Å². The Hall–Kier alpha value is -2.21. The molecule has 1 N–H and O–H groups in total. The van der Waals surface area contributed by atoms with E-state index in [0.29, 0.717) is 18.0 Å². The van der Waals surface area contributed by atoms with E-state index in [0.717, 1.165) is 49.4 Å². The Labute approximate surface area is 158 Å². The van der Waals surface area contributed by atoms with E-state index in [2.05, 4.69) is 19.2 Å². The Morgan fingerprint density at radius 3 is 2.63 bits per heavy atom. The standard InChI is InChI=1S/C21H26FN3O2/c1-13(2)20-18(21(26)23-12-17-4-3-11-27-17)19(14-5-6-14)24-25(20)16-9-7-15(22)8-10-16/h7-10,13-14,17H,3-6,11-12H2,1-2H3,(H,23,26). The van der Waals surface area contributed by atoms with Gasteiger partial charge in [-0.3, -0.25) is 4.79 Å². The minimum atomic E-state index is -0.283. The van der Waals surface area contributed by atoms with E-state index in [9.17, 15) is 9.18 Å². The number of hydrogen-bond acceptors (Lipinski definition) is 3. The van der Waals surface area contributed by atoms with Crippen molar-refractivity contribution in [3.63, 3.8) is 0 Å². The van der Waals surface area contributed by atoms with Crippen LogP contribution in [0, 0.1) is 5.82 Å². The second kappa shape index (κ2) is 7.43. The van der Waals surface area contributed by atoms with Crippen molar-refractivity contribution in [3.8, 4) is 5.69 Å². The summed E-state index contributed by atoms with van der Waals surface area (Å²) in [6.45, 7) is 5.42. The van der Waals surface area contributed by atoms with E-state index in [1.807, 2.05) is 4.68 Å². The Bertz CT molecular complexity index is 819. The smallest absolute Gasteiger partial charge is 0.255 e. The van der Waals surface area contributed by atoms with Crippen LogP contribution < -0.4 is 5.32 Å². The highest BCUT2D eigenvalue weighted by atomic mass is 19.1. The summed E-state index contributed by atoms with van der Waals surface area (Å²) in [6, 6.07) is 6.27. The van der Waals surface area contributed by atoms with Gasteiger partial charge in [0.2, 0.25) is 0 Å². The number of rotatable bonds is 6. The predicted molar refractivity (Wildman–Crippen MR) is 101 cm³/mol. The van der Waals surface area contributed by atoms with Crippen LogP contribution in [0.4, 0.5) is 4.39 Å².